The lowest BCUT2D eigenvalue weighted by Gasteiger charge is -2.21. The normalized spacial score (nSPS) is 17.0. The minimum Gasteiger partial charge on any atom is -0.494 e. The maximum atomic E-state index is 5.68. The van der Waals surface area contributed by atoms with Crippen LogP contribution < -0.4 is 4.74 Å². The average Bonchev–Trinajstić information content (AvgIpc) is 2.41. The van der Waals surface area contributed by atoms with Crippen LogP contribution in [0.1, 0.15) is 36.3 Å². The van der Waals surface area contributed by atoms with E-state index in [0.717, 1.165) is 18.8 Å². The third kappa shape index (κ3) is 4.14. The first-order chi connectivity index (χ1) is 8.40. The van der Waals surface area contributed by atoms with Gasteiger partial charge >= 0.3 is 0 Å². The molecule has 0 aliphatic carbocycles. The summed E-state index contributed by atoms with van der Waals surface area (Å²) in [5.74, 6) is 3.60. The van der Waals surface area contributed by atoms with E-state index >= 15 is 0 Å². The van der Waals surface area contributed by atoms with Crippen LogP contribution in [-0.2, 0) is 0 Å². The molecule has 0 amide bonds. The van der Waals surface area contributed by atoms with Gasteiger partial charge in [0.05, 0.1) is 11.2 Å². The zero-order chi connectivity index (χ0) is 11.9. The fraction of sp³-hybridized carbons (Fsp3) is 0.571. The van der Waals surface area contributed by atoms with E-state index in [-0.39, 0.29) is 0 Å². The van der Waals surface area contributed by atoms with Crippen LogP contribution in [-0.4, -0.2) is 18.1 Å². The zero-order valence-corrected chi connectivity index (χ0v) is 12.0. The molecule has 1 saturated heterocycles. The molecule has 0 radical (unpaired) electrons. The molecule has 3 heteroatoms. The van der Waals surface area contributed by atoms with Gasteiger partial charge in [0.1, 0.15) is 5.75 Å². The second-order valence-corrected chi connectivity index (χ2v) is 6.92. The van der Waals surface area contributed by atoms with Gasteiger partial charge in [0, 0.05) is 0 Å². The van der Waals surface area contributed by atoms with Crippen molar-refractivity contribution >= 4 is 23.5 Å². The molecule has 0 aromatic heterocycles. The van der Waals surface area contributed by atoms with E-state index in [1.54, 1.807) is 0 Å². The van der Waals surface area contributed by atoms with Crippen molar-refractivity contribution in [3.05, 3.63) is 29.8 Å². The van der Waals surface area contributed by atoms with Crippen molar-refractivity contribution in [3.63, 3.8) is 0 Å². The Morgan fingerprint density at radius 2 is 1.88 bits per heavy atom. The maximum Gasteiger partial charge on any atom is 0.119 e. The van der Waals surface area contributed by atoms with Gasteiger partial charge in [-0.25, -0.2) is 0 Å². The van der Waals surface area contributed by atoms with E-state index in [1.807, 2.05) is 0 Å². The highest BCUT2D eigenvalue weighted by Gasteiger charge is 2.16. The number of unbranched alkanes of at least 4 members (excludes halogenated alkanes) is 1. The van der Waals surface area contributed by atoms with Gasteiger partial charge in [-0.15, -0.1) is 23.5 Å². The second-order valence-electron chi connectivity index (χ2n) is 4.20. The largest absolute Gasteiger partial charge is 0.494 e. The Bertz CT molecular complexity index is 317. The van der Waals surface area contributed by atoms with E-state index in [4.69, 9.17) is 4.74 Å². The summed E-state index contributed by atoms with van der Waals surface area (Å²) in [4.78, 5) is 0. The highest BCUT2D eigenvalue weighted by Crippen LogP contribution is 2.43. The quantitative estimate of drug-likeness (QED) is 0.714. The maximum absolute atomic E-state index is 5.68. The van der Waals surface area contributed by atoms with Crippen LogP contribution in [0.3, 0.4) is 0 Å². The van der Waals surface area contributed by atoms with Crippen LogP contribution in [0.5, 0.6) is 5.75 Å². The lowest BCUT2D eigenvalue weighted by atomic mass is 10.2. The highest BCUT2D eigenvalue weighted by molar-refractivity contribution is 8.16. The van der Waals surface area contributed by atoms with Crippen molar-refractivity contribution < 1.29 is 4.74 Å². The third-order valence-corrected chi connectivity index (χ3v) is 5.76. The van der Waals surface area contributed by atoms with E-state index in [9.17, 15) is 0 Å². The van der Waals surface area contributed by atoms with E-state index in [2.05, 4.69) is 54.7 Å². The van der Waals surface area contributed by atoms with Crippen LogP contribution in [0.15, 0.2) is 24.3 Å². The van der Waals surface area contributed by atoms with Gasteiger partial charge in [-0.2, -0.15) is 0 Å². The number of ether oxygens (including phenoxy) is 1. The van der Waals surface area contributed by atoms with Crippen molar-refractivity contribution in [1.82, 2.24) is 0 Å². The van der Waals surface area contributed by atoms with Crippen molar-refractivity contribution in [2.24, 2.45) is 0 Å². The highest BCUT2D eigenvalue weighted by atomic mass is 32.2. The zero-order valence-electron chi connectivity index (χ0n) is 10.4. The monoisotopic (exact) mass is 268 g/mol. The lowest BCUT2D eigenvalue weighted by molar-refractivity contribution is 0.309. The van der Waals surface area contributed by atoms with Gasteiger partial charge in [-0.3, -0.25) is 0 Å². The molecule has 0 spiro atoms. The Morgan fingerprint density at radius 3 is 2.53 bits per heavy atom. The number of benzene rings is 1. The molecule has 1 aliphatic rings. The minimum atomic E-state index is 0.633. The fourth-order valence-electron chi connectivity index (χ4n) is 1.74. The van der Waals surface area contributed by atoms with Gasteiger partial charge in [0.25, 0.3) is 0 Å². The summed E-state index contributed by atoms with van der Waals surface area (Å²) in [7, 11) is 0. The molecule has 2 rings (SSSR count). The number of rotatable bonds is 5. The number of hydrogen-bond donors (Lipinski definition) is 0. The molecule has 1 nitrogen and oxygen atoms in total. The summed E-state index contributed by atoms with van der Waals surface area (Å²) >= 11 is 4.13. The average molecular weight is 268 g/mol. The topological polar surface area (TPSA) is 9.23 Å². The Kier molecular flexibility index (Phi) is 5.59. The summed E-state index contributed by atoms with van der Waals surface area (Å²) in [6.07, 6.45) is 3.67. The predicted octanol–water partition coefficient (Wildman–Crippen LogP) is 4.73. The lowest BCUT2D eigenvalue weighted by Crippen LogP contribution is -2.00. The first-order valence-corrected chi connectivity index (χ1v) is 8.46. The van der Waals surface area contributed by atoms with Crippen molar-refractivity contribution in [2.45, 2.75) is 30.8 Å². The molecule has 1 fully saturated rings. The van der Waals surface area contributed by atoms with Crippen molar-refractivity contribution in [3.8, 4) is 5.75 Å². The number of hydrogen-bond acceptors (Lipinski definition) is 3. The van der Waals surface area contributed by atoms with E-state index in [0.29, 0.717) is 4.58 Å². The SMILES string of the molecule is CCCCOc1ccc(C2SCCCS2)cc1. The molecule has 1 heterocycles. The standard InChI is InChI=1S/C14H20OS2/c1-2-3-9-15-13-7-5-12(6-8-13)14-16-10-4-11-17-14/h5-8,14H,2-4,9-11H2,1H3. The third-order valence-electron chi connectivity index (χ3n) is 2.75. The Morgan fingerprint density at radius 1 is 1.18 bits per heavy atom. The molecule has 1 aliphatic heterocycles. The van der Waals surface area contributed by atoms with Gasteiger partial charge < -0.3 is 4.74 Å². The van der Waals surface area contributed by atoms with Gasteiger partial charge in [0.15, 0.2) is 0 Å². The predicted molar refractivity (Wildman–Crippen MR) is 79.1 cm³/mol. The first kappa shape index (κ1) is 13.2. The van der Waals surface area contributed by atoms with Gasteiger partial charge in [-0.05, 0) is 42.0 Å². The second kappa shape index (κ2) is 7.22. The molecule has 1 aromatic rings. The minimum absolute atomic E-state index is 0.633. The molecule has 17 heavy (non-hydrogen) atoms. The molecule has 0 bridgehead atoms. The van der Waals surface area contributed by atoms with E-state index < -0.39 is 0 Å². The van der Waals surface area contributed by atoms with Crippen molar-refractivity contribution in [2.75, 3.05) is 18.1 Å². The molecule has 0 N–H and O–H groups in total. The summed E-state index contributed by atoms with van der Waals surface area (Å²) < 4.78 is 6.31. The molecule has 1 aromatic carbocycles. The molecule has 94 valence electrons. The van der Waals surface area contributed by atoms with Crippen LogP contribution in [0.2, 0.25) is 0 Å². The summed E-state index contributed by atoms with van der Waals surface area (Å²) in [6.45, 7) is 3.02. The van der Waals surface area contributed by atoms with Gasteiger partial charge in [-0.1, -0.05) is 25.5 Å². The van der Waals surface area contributed by atoms with Crippen molar-refractivity contribution in [1.29, 1.82) is 0 Å². The smallest absolute Gasteiger partial charge is 0.119 e. The Hall–Kier alpha value is -0.280. The summed E-state index contributed by atoms with van der Waals surface area (Å²) in [5.41, 5.74) is 1.43. The van der Waals surface area contributed by atoms with Crippen LogP contribution in [0, 0.1) is 0 Å². The fourth-order valence-corrected chi connectivity index (χ4v) is 4.63. The molecule has 0 saturated carbocycles. The van der Waals surface area contributed by atoms with E-state index in [1.165, 1.54) is 29.9 Å². The molecule has 0 atom stereocenters. The Balaban J connectivity index is 1.88. The molecular weight excluding hydrogens is 248 g/mol. The first-order valence-electron chi connectivity index (χ1n) is 6.36. The van der Waals surface area contributed by atoms with Crippen LogP contribution >= 0.6 is 23.5 Å². The summed E-state index contributed by atoms with van der Waals surface area (Å²) in [5, 5.41) is 0. The summed E-state index contributed by atoms with van der Waals surface area (Å²) in [6, 6.07) is 8.66. The van der Waals surface area contributed by atoms with Crippen LogP contribution in [0.4, 0.5) is 0 Å². The Labute approximate surface area is 113 Å². The molecule has 0 unspecified atom stereocenters. The number of thioether (sulfide) groups is 2. The van der Waals surface area contributed by atoms with Crippen LogP contribution in [0.25, 0.3) is 0 Å². The van der Waals surface area contributed by atoms with Gasteiger partial charge in [0.2, 0.25) is 0 Å². The molecular formula is C14H20OS2.